The molecule has 1 heterocycles. The van der Waals surface area contributed by atoms with Crippen LogP contribution in [0.1, 0.15) is 28.9 Å². The molecule has 40 heavy (non-hydrogen) atoms. The predicted octanol–water partition coefficient (Wildman–Crippen LogP) is 4.65. The van der Waals surface area contributed by atoms with Crippen LogP contribution in [0.15, 0.2) is 40.6 Å². The fraction of sp³-hybridized carbons (Fsp3) is 0.417. The molecule has 216 valence electrons. The molecule has 3 N–H and O–H groups in total. The molecule has 4 rings (SSSR count). The summed E-state index contributed by atoms with van der Waals surface area (Å²) in [6.45, 7) is -0.662. The lowest BCUT2D eigenvalue weighted by Crippen LogP contribution is -2.48. The van der Waals surface area contributed by atoms with Crippen molar-refractivity contribution >= 4 is 33.4 Å². The van der Waals surface area contributed by atoms with Crippen molar-refractivity contribution in [3.05, 3.63) is 57.7 Å². The summed E-state index contributed by atoms with van der Waals surface area (Å²) >= 11 is 3.05. The van der Waals surface area contributed by atoms with Crippen LogP contribution in [-0.2, 0) is 11.0 Å². The molecule has 8 nitrogen and oxygen atoms in total. The summed E-state index contributed by atoms with van der Waals surface area (Å²) in [5, 5.41) is 13.8. The van der Waals surface area contributed by atoms with Crippen molar-refractivity contribution in [2.45, 2.75) is 31.2 Å². The Morgan fingerprint density at radius 1 is 1.15 bits per heavy atom. The summed E-state index contributed by atoms with van der Waals surface area (Å²) in [6, 6.07) is 0.571. The molecule has 0 aliphatic heterocycles. The Morgan fingerprint density at radius 3 is 2.50 bits per heavy atom. The molecule has 0 radical (unpaired) electrons. The molecule has 2 amide bonds. The molecule has 2 bridgehead atoms. The van der Waals surface area contributed by atoms with Gasteiger partial charge in [0.05, 0.1) is 24.3 Å². The van der Waals surface area contributed by atoms with E-state index in [0.717, 1.165) is 6.07 Å². The summed E-state index contributed by atoms with van der Waals surface area (Å²) in [6.07, 6.45) is -8.13. The number of alkyl halides is 6. The van der Waals surface area contributed by atoms with Gasteiger partial charge in [-0.05, 0) is 52.9 Å². The number of ether oxygens (including phenoxy) is 1. The van der Waals surface area contributed by atoms with Gasteiger partial charge in [0, 0.05) is 23.7 Å². The maximum atomic E-state index is 13.7. The van der Waals surface area contributed by atoms with Gasteiger partial charge in [-0.25, -0.2) is 14.4 Å². The molecule has 0 spiro atoms. The van der Waals surface area contributed by atoms with Crippen LogP contribution in [0.25, 0.3) is 0 Å². The first-order chi connectivity index (χ1) is 18.7. The lowest BCUT2D eigenvalue weighted by Gasteiger charge is -2.30. The molecule has 0 saturated heterocycles. The number of halogens is 8. The second-order valence-corrected chi connectivity index (χ2v) is 9.91. The second kappa shape index (κ2) is 11.3. The first-order valence-corrected chi connectivity index (χ1v) is 12.5. The summed E-state index contributed by atoms with van der Waals surface area (Å²) in [4.78, 5) is 34.4. The van der Waals surface area contributed by atoms with Crippen molar-refractivity contribution in [2.75, 3.05) is 18.5 Å². The van der Waals surface area contributed by atoms with E-state index in [2.05, 4.69) is 36.5 Å². The van der Waals surface area contributed by atoms with E-state index >= 15 is 0 Å². The molecular formula is C24H20BrF7N4O4. The average Bonchev–Trinajstić information content (AvgIpc) is 3.36. The van der Waals surface area contributed by atoms with Gasteiger partial charge in [-0.15, -0.1) is 0 Å². The number of nitrogens with zero attached hydrogens (tertiary/aromatic N) is 2. The van der Waals surface area contributed by atoms with Gasteiger partial charge in [0.2, 0.25) is 11.8 Å². The van der Waals surface area contributed by atoms with Crippen molar-refractivity contribution in [1.29, 1.82) is 0 Å². The van der Waals surface area contributed by atoms with E-state index in [-0.39, 0.29) is 47.3 Å². The van der Waals surface area contributed by atoms with E-state index in [1.807, 2.05) is 0 Å². The normalized spacial score (nSPS) is 23.4. The number of nitrogens with one attached hydrogen (secondary N) is 2. The van der Waals surface area contributed by atoms with Crippen LogP contribution in [0.3, 0.4) is 0 Å². The number of rotatable bonds is 7. The largest absolute Gasteiger partial charge is 0.474 e. The van der Waals surface area contributed by atoms with Gasteiger partial charge in [-0.2, -0.15) is 26.3 Å². The number of hydrogen-bond donors (Lipinski definition) is 3. The van der Waals surface area contributed by atoms with E-state index in [1.165, 1.54) is 6.20 Å². The van der Waals surface area contributed by atoms with E-state index in [4.69, 9.17) is 9.84 Å². The van der Waals surface area contributed by atoms with Crippen LogP contribution in [-0.4, -0.2) is 52.3 Å². The van der Waals surface area contributed by atoms with Gasteiger partial charge < -0.3 is 20.5 Å². The maximum Gasteiger partial charge on any atom is 0.419 e. The van der Waals surface area contributed by atoms with E-state index in [0.29, 0.717) is 12.1 Å². The minimum Gasteiger partial charge on any atom is -0.474 e. The Hall–Kier alpha value is -3.27. The monoisotopic (exact) mass is 640 g/mol. The summed E-state index contributed by atoms with van der Waals surface area (Å²) < 4.78 is 98.6. The SMILES string of the molecule is O=C(N[C@@H]1C2CCC(/C2=C/C(F)(F)F)[C@@H]1C(=O)Nc1ccc(F)c(C(F)(F)F)c1)c1nc(Br)cnc1OCCO. The summed E-state index contributed by atoms with van der Waals surface area (Å²) in [5.41, 5.74) is -2.56. The highest BCUT2D eigenvalue weighted by atomic mass is 79.9. The molecule has 2 saturated carbocycles. The standard InChI is InChI=1S/C24H20BrF7N4O4/c25-16-9-33-22(40-6-5-37)19(35-16)21(39)36-18-12-3-2-11(13(12)8-23(27,28)29)17(18)20(38)34-10-1-4-15(26)14(7-10)24(30,31)32/h1,4,7-9,11-12,17-18,37H,2-3,5-6H2,(H,34,38)(H,36,39)/b13-8-/t11?,12?,17-,18+/m0/s1. The number of carbonyl (C=O) groups is 2. The van der Waals surface area contributed by atoms with E-state index in [1.54, 1.807) is 0 Å². The minimum atomic E-state index is -5.06. The number of benzene rings is 1. The Labute approximate surface area is 230 Å². The first-order valence-electron chi connectivity index (χ1n) is 11.7. The third kappa shape index (κ3) is 6.37. The van der Waals surface area contributed by atoms with Crippen LogP contribution in [0, 0.1) is 23.6 Å². The number of anilines is 1. The highest BCUT2D eigenvalue weighted by Crippen LogP contribution is 2.54. The van der Waals surface area contributed by atoms with Crippen LogP contribution in [0.2, 0.25) is 0 Å². The fourth-order valence-corrected chi connectivity index (χ4v) is 5.48. The first kappa shape index (κ1) is 29.7. The Morgan fingerprint density at radius 2 is 1.85 bits per heavy atom. The van der Waals surface area contributed by atoms with Crippen molar-refractivity contribution < 1.29 is 50.2 Å². The number of aliphatic hydroxyl groups excluding tert-OH is 1. The number of hydrogen-bond acceptors (Lipinski definition) is 6. The summed E-state index contributed by atoms with van der Waals surface area (Å²) in [5.74, 6) is -6.94. The minimum absolute atomic E-state index is 0.0795. The highest BCUT2D eigenvalue weighted by Gasteiger charge is 2.56. The second-order valence-electron chi connectivity index (χ2n) is 9.10. The predicted molar refractivity (Wildman–Crippen MR) is 127 cm³/mol. The molecule has 16 heteroatoms. The highest BCUT2D eigenvalue weighted by molar-refractivity contribution is 9.10. The molecule has 4 atom stereocenters. The van der Waals surface area contributed by atoms with Crippen LogP contribution in [0.5, 0.6) is 5.88 Å². The van der Waals surface area contributed by atoms with Gasteiger partial charge in [0.15, 0.2) is 5.69 Å². The van der Waals surface area contributed by atoms with Gasteiger partial charge >= 0.3 is 12.4 Å². The van der Waals surface area contributed by atoms with Gasteiger partial charge in [-0.1, -0.05) is 5.57 Å². The number of allylic oxidation sites excluding steroid dienone is 1. The number of amides is 2. The molecule has 1 aromatic heterocycles. The molecule has 2 fully saturated rings. The third-order valence-electron chi connectivity index (χ3n) is 6.62. The van der Waals surface area contributed by atoms with Gasteiger partial charge in [0.1, 0.15) is 17.0 Å². The van der Waals surface area contributed by atoms with E-state index in [9.17, 15) is 40.3 Å². The molecule has 2 aliphatic carbocycles. The van der Waals surface area contributed by atoms with E-state index < -0.39 is 71.6 Å². The number of aromatic nitrogens is 2. The van der Waals surface area contributed by atoms with Crippen LogP contribution in [0.4, 0.5) is 36.4 Å². The zero-order valence-electron chi connectivity index (χ0n) is 20.1. The average molecular weight is 641 g/mol. The number of fused-ring (bicyclic) bond motifs is 2. The zero-order chi connectivity index (χ0) is 29.4. The Bertz CT molecular complexity index is 1340. The van der Waals surface area contributed by atoms with Crippen molar-refractivity contribution in [3.63, 3.8) is 0 Å². The van der Waals surface area contributed by atoms with Crippen molar-refractivity contribution in [1.82, 2.24) is 15.3 Å². The maximum absolute atomic E-state index is 13.7. The third-order valence-corrected chi connectivity index (χ3v) is 7.01. The molecule has 2 aromatic rings. The smallest absolute Gasteiger partial charge is 0.419 e. The van der Waals surface area contributed by atoms with Crippen LogP contribution < -0.4 is 15.4 Å². The van der Waals surface area contributed by atoms with Crippen molar-refractivity contribution in [3.8, 4) is 5.88 Å². The molecule has 2 unspecified atom stereocenters. The van der Waals surface area contributed by atoms with Gasteiger partial charge in [0.25, 0.3) is 5.91 Å². The molecular weight excluding hydrogens is 621 g/mol. The summed E-state index contributed by atoms with van der Waals surface area (Å²) in [7, 11) is 0. The number of aliphatic hydroxyl groups is 1. The number of carbonyl (C=O) groups excluding carboxylic acids is 2. The zero-order valence-corrected chi connectivity index (χ0v) is 21.7. The Kier molecular flexibility index (Phi) is 8.40. The van der Waals surface area contributed by atoms with Gasteiger partial charge in [-0.3, -0.25) is 9.59 Å². The fourth-order valence-electron chi connectivity index (χ4n) is 5.20. The van der Waals surface area contributed by atoms with Crippen LogP contribution >= 0.6 is 15.9 Å². The van der Waals surface area contributed by atoms with Crippen molar-refractivity contribution in [2.24, 2.45) is 17.8 Å². The topological polar surface area (TPSA) is 113 Å². The molecule has 1 aromatic carbocycles. The quantitative estimate of drug-likeness (QED) is 0.300. The lowest BCUT2D eigenvalue weighted by molar-refractivity contribution is -0.140. The molecule has 2 aliphatic rings. The lowest BCUT2D eigenvalue weighted by atomic mass is 9.83. The Balaban J connectivity index is 1.67.